The van der Waals surface area contributed by atoms with Gasteiger partial charge in [0.25, 0.3) is 0 Å². The van der Waals surface area contributed by atoms with Crippen LogP contribution in [0.15, 0.2) is 52.1 Å². The van der Waals surface area contributed by atoms with Gasteiger partial charge in [0.1, 0.15) is 10.9 Å². The van der Waals surface area contributed by atoms with Crippen LogP contribution in [0.25, 0.3) is 0 Å². The van der Waals surface area contributed by atoms with Crippen molar-refractivity contribution >= 4 is 10.0 Å². The van der Waals surface area contributed by atoms with Gasteiger partial charge in [-0.3, -0.25) is 4.68 Å². The number of sulfonamides is 1. The maximum Gasteiger partial charge on any atom is 0.247 e. The largest absolute Gasteiger partial charge is 0.392 e. The van der Waals surface area contributed by atoms with Crippen molar-refractivity contribution < 1.29 is 18.0 Å². The van der Waals surface area contributed by atoms with E-state index in [1.54, 1.807) is 11.6 Å². The average Bonchev–Trinajstić information content (AvgIpc) is 3.36. The molecule has 0 unspecified atom stereocenters. The van der Waals surface area contributed by atoms with Crippen LogP contribution in [0.5, 0.6) is 0 Å². The van der Waals surface area contributed by atoms with E-state index in [0.29, 0.717) is 12.4 Å². The topological polar surface area (TPSA) is 114 Å². The highest BCUT2D eigenvalue weighted by Gasteiger charge is 2.43. The van der Waals surface area contributed by atoms with Gasteiger partial charge in [0, 0.05) is 19.2 Å². The van der Waals surface area contributed by atoms with Crippen LogP contribution in [0.4, 0.5) is 0 Å². The predicted molar refractivity (Wildman–Crippen MR) is 94.1 cm³/mol. The molecule has 27 heavy (non-hydrogen) atoms. The summed E-state index contributed by atoms with van der Waals surface area (Å²) in [5, 5.41) is 17.9. The normalized spacial score (nSPS) is 21.0. The number of aryl methyl sites for hydroxylation is 1. The van der Waals surface area contributed by atoms with Gasteiger partial charge in [-0.25, -0.2) is 8.42 Å². The number of aliphatic hydroxyl groups is 1. The predicted octanol–water partition coefficient (Wildman–Crippen LogP) is 1.12. The summed E-state index contributed by atoms with van der Waals surface area (Å²) in [6, 6.07) is 8.95. The van der Waals surface area contributed by atoms with E-state index in [-0.39, 0.29) is 23.8 Å². The fourth-order valence-electron chi connectivity index (χ4n) is 3.19. The summed E-state index contributed by atoms with van der Waals surface area (Å²) in [4.78, 5) is 4.19. The highest BCUT2D eigenvalue weighted by molar-refractivity contribution is 7.89. The molecule has 1 aliphatic rings. The van der Waals surface area contributed by atoms with Gasteiger partial charge in [0.2, 0.25) is 15.9 Å². The van der Waals surface area contributed by atoms with Gasteiger partial charge in [0.15, 0.2) is 5.82 Å². The van der Waals surface area contributed by atoms with Gasteiger partial charge in [-0.2, -0.15) is 14.4 Å². The molecule has 0 bridgehead atoms. The van der Waals surface area contributed by atoms with Crippen LogP contribution in [-0.4, -0.2) is 50.4 Å². The lowest BCUT2D eigenvalue weighted by Gasteiger charge is -2.20. The molecule has 9 nitrogen and oxygen atoms in total. The Morgan fingerprint density at radius 2 is 2.07 bits per heavy atom. The molecule has 0 aliphatic carbocycles. The van der Waals surface area contributed by atoms with Crippen LogP contribution in [0.1, 0.15) is 29.7 Å². The Morgan fingerprint density at radius 3 is 2.78 bits per heavy atom. The number of β-amino-alcohol motifs (C(OH)–C–C–N with tert-alkyl or cyclic N) is 1. The summed E-state index contributed by atoms with van der Waals surface area (Å²) in [7, 11) is -3.87. The molecule has 0 spiro atoms. The minimum Gasteiger partial charge on any atom is -0.392 e. The maximum atomic E-state index is 13.1. The Labute approximate surface area is 156 Å². The van der Waals surface area contributed by atoms with Gasteiger partial charge in [0.05, 0.1) is 18.8 Å². The van der Waals surface area contributed by atoms with Crippen LogP contribution in [-0.2, 0) is 16.6 Å². The molecule has 10 heteroatoms. The van der Waals surface area contributed by atoms with Crippen LogP contribution in [0, 0.1) is 6.92 Å². The maximum absolute atomic E-state index is 13.1. The van der Waals surface area contributed by atoms with Gasteiger partial charge in [-0.05, 0) is 12.5 Å². The summed E-state index contributed by atoms with van der Waals surface area (Å²) in [5.41, 5.74) is 1.01. The Balaban J connectivity index is 1.60. The second-order valence-electron chi connectivity index (χ2n) is 6.52. The number of aliphatic hydroxyl groups excluding tert-OH is 1. The van der Waals surface area contributed by atoms with Crippen LogP contribution >= 0.6 is 0 Å². The summed E-state index contributed by atoms with van der Waals surface area (Å²) >= 11 is 0. The molecule has 1 N–H and O–H groups in total. The van der Waals surface area contributed by atoms with E-state index >= 15 is 0 Å². The first-order valence-corrected chi connectivity index (χ1v) is 9.94. The summed E-state index contributed by atoms with van der Waals surface area (Å²) in [6.45, 7) is 2.09. The zero-order valence-electron chi connectivity index (χ0n) is 14.6. The zero-order valence-corrected chi connectivity index (χ0v) is 15.5. The summed E-state index contributed by atoms with van der Waals surface area (Å²) in [6.07, 6.45) is 2.22. The molecule has 4 rings (SSSR count). The number of rotatable bonds is 5. The van der Waals surface area contributed by atoms with Crippen molar-refractivity contribution in [2.45, 2.75) is 36.9 Å². The van der Waals surface area contributed by atoms with Crippen molar-refractivity contribution in [3.63, 3.8) is 0 Å². The molecule has 142 valence electrons. The summed E-state index contributed by atoms with van der Waals surface area (Å²) in [5.74, 6) is 0.601. The standard InChI is InChI=1S/C17H19N5O4S/c1-12-19-17(26-20-12)16-7-14(23)10-22(16)27(24,25)15-8-18-21(11-15)9-13-5-3-2-4-6-13/h2-6,8,11,14,16,23H,7,9-10H2,1H3/t14-,16+/m0/s1. The average molecular weight is 389 g/mol. The van der Waals surface area contributed by atoms with Crippen molar-refractivity contribution in [2.75, 3.05) is 6.54 Å². The number of benzene rings is 1. The Hall–Kier alpha value is -2.56. The van der Waals surface area contributed by atoms with E-state index in [2.05, 4.69) is 15.2 Å². The molecular formula is C17H19N5O4S. The molecule has 3 heterocycles. The third-order valence-electron chi connectivity index (χ3n) is 4.47. The van der Waals surface area contributed by atoms with Gasteiger partial charge >= 0.3 is 0 Å². The minimum absolute atomic E-state index is 0.0295. The van der Waals surface area contributed by atoms with Gasteiger partial charge in [-0.1, -0.05) is 35.5 Å². The van der Waals surface area contributed by atoms with Gasteiger partial charge in [-0.15, -0.1) is 0 Å². The quantitative estimate of drug-likeness (QED) is 0.695. The first-order valence-electron chi connectivity index (χ1n) is 8.50. The van der Waals surface area contributed by atoms with E-state index in [9.17, 15) is 13.5 Å². The van der Waals surface area contributed by atoms with Crippen LogP contribution in [0.3, 0.4) is 0 Å². The molecule has 3 aromatic rings. The smallest absolute Gasteiger partial charge is 0.247 e. The number of nitrogens with zero attached hydrogens (tertiary/aromatic N) is 5. The van der Waals surface area contributed by atoms with Crippen molar-refractivity contribution in [3.05, 3.63) is 60.0 Å². The van der Waals surface area contributed by atoms with Gasteiger partial charge < -0.3 is 9.63 Å². The fraction of sp³-hybridized carbons (Fsp3) is 0.353. The molecule has 1 aliphatic heterocycles. The van der Waals surface area contributed by atoms with Crippen molar-refractivity contribution in [1.29, 1.82) is 0 Å². The first kappa shape index (κ1) is 17.8. The Morgan fingerprint density at radius 1 is 1.30 bits per heavy atom. The molecule has 1 fully saturated rings. The van der Waals surface area contributed by atoms with E-state index < -0.39 is 22.2 Å². The molecule has 2 atom stereocenters. The summed E-state index contributed by atoms with van der Waals surface area (Å²) < 4.78 is 34.1. The van der Waals surface area contributed by atoms with E-state index in [1.807, 2.05) is 30.3 Å². The zero-order chi connectivity index (χ0) is 19.0. The van der Waals surface area contributed by atoms with Crippen LogP contribution < -0.4 is 0 Å². The molecule has 0 amide bonds. The lowest BCUT2D eigenvalue weighted by atomic mass is 10.2. The molecule has 0 saturated carbocycles. The van der Waals surface area contributed by atoms with Crippen molar-refractivity contribution in [1.82, 2.24) is 24.2 Å². The molecule has 1 saturated heterocycles. The third kappa shape index (κ3) is 3.51. The second kappa shape index (κ2) is 6.87. The van der Waals surface area contributed by atoms with E-state index in [4.69, 9.17) is 4.52 Å². The highest BCUT2D eigenvalue weighted by Crippen LogP contribution is 2.35. The SMILES string of the molecule is Cc1noc([C@H]2C[C@H](O)CN2S(=O)(=O)c2cnn(Cc3ccccc3)c2)n1. The lowest BCUT2D eigenvalue weighted by molar-refractivity contribution is 0.188. The molecule has 1 aromatic carbocycles. The lowest BCUT2D eigenvalue weighted by Crippen LogP contribution is -2.31. The van der Waals surface area contributed by atoms with Crippen molar-refractivity contribution in [2.24, 2.45) is 0 Å². The third-order valence-corrected chi connectivity index (χ3v) is 6.29. The number of hydrogen-bond donors (Lipinski definition) is 1. The highest BCUT2D eigenvalue weighted by atomic mass is 32.2. The van der Waals surface area contributed by atoms with E-state index in [1.165, 1.54) is 16.7 Å². The van der Waals surface area contributed by atoms with Crippen LogP contribution in [0.2, 0.25) is 0 Å². The first-order chi connectivity index (χ1) is 12.9. The second-order valence-corrected chi connectivity index (χ2v) is 8.41. The number of aromatic nitrogens is 4. The monoisotopic (exact) mass is 389 g/mol. The number of hydrogen-bond acceptors (Lipinski definition) is 7. The molecule has 2 aromatic heterocycles. The fourth-order valence-corrected chi connectivity index (χ4v) is 4.78. The Bertz CT molecular complexity index is 1030. The molecular weight excluding hydrogens is 370 g/mol. The van der Waals surface area contributed by atoms with E-state index in [0.717, 1.165) is 5.56 Å². The molecule has 0 radical (unpaired) electrons. The minimum atomic E-state index is -3.87. The van der Waals surface area contributed by atoms with Crippen molar-refractivity contribution in [3.8, 4) is 0 Å². The Kier molecular flexibility index (Phi) is 4.54.